The topological polar surface area (TPSA) is 186 Å². The van der Waals surface area contributed by atoms with E-state index < -0.39 is 68.3 Å². The Labute approximate surface area is 578 Å². The second-order valence-corrected chi connectivity index (χ2v) is 33.6. The van der Waals surface area contributed by atoms with Crippen molar-refractivity contribution in [3.63, 3.8) is 0 Å². The maximum absolute atomic E-state index is 14.0. The van der Waals surface area contributed by atoms with Gasteiger partial charge in [0, 0.05) is 0 Å². The minimum absolute atomic E-state index is 0.0353. The van der Waals surface area contributed by atoms with Gasteiger partial charge in [-0.1, -0.05) is 156 Å². The van der Waals surface area contributed by atoms with Gasteiger partial charge in [0.2, 0.25) is 0 Å². The molecule has 544 valence electrons. The zero-order valence-corrected chi connectivity index (χ0v) is 65.5. The van der Waals surface area contributed by atoms with E-state index in [2.05, 4.69) is 83.1 Å². The first-order chi connectivity index (χ1) is 44.7. The van der Waals surface area contributed by atoms with Gasteiger partial charge in [-0.2, -0.15) is 0 Å². The molecule has 4 unspecified atom stereocenters. The van der Waals surface area contributed by atoms with Gasteiger partial charge in [0.1, 0.15) is 0 Å². The molecule has 4 N–H and O–H groups in total. The second-order valence-electron chi connectivity index (χ2n) is 28.4. The first kappa shape index (κ1) is 90.5. The van der Waals surface area contributed by atoms with Crippen LogP contribution in [0.25, 0.3) is 0 Å². The van der Waals surface area contributed by atoms with Crippen molar-refractivity contribution in [2.75, 3.05) is 0 Å². The number of hydrogen-bond donors (Lipinski definition) is 4. The van der Waals surface area contributed by atoms with E-state index >= 15 is 0 Å². The van der Waals surface area contributed by atoms with Gasteiger partial charge in [0.25, 0.3) is 0 Å². The molecular formula is C80H148O12Sn. The van der Waals surface area contributed by atoms with Crippen LogP contribution in [-0.2, 0) is 31.5 Å². The molecule has 0 spiro atoms. The molecule has 93 heavy (non-hydrogen) atoms. The van der Waals surface area contributed by atoms with Gasteiger partial charge in [-0.3, -0.25) is 0 Å². The Bertz CT molecular complexity index is 1750. The number of hydrogen-bond acceptors (Lipinski definition) is 12. The van der Waals surface area contributed by atoms with Crippen LogP contribution >= 0.6 is 0 Å². The predicted octanol–water partition coefficient (Wildman–Crippen LogP) is 22.7. The average Bonchev–Trinajstić information content (AvgIpc) is 0.864. The van der Waals surface area contributed by atoms with Crippen LogP contribution in [0.2, 0.25) is 0 Å². The fourth-order valence-electron chi connectivity index (χ4n) is 12.1. The van der Waals surface area contributed by atoms with Gasteiger partial charge in [0.15, 0.2) is 0 Å². The van der Waals surface area contributed by atoms with E-state index in [1.165, 1.54) is 199 Å². The predicted molar refractivity (Wildman–Crippen MR) is 390 cm³/mol. The number of aliphatic hydroxyl groups excluding tert-OH is 4. The summed E-state index contributed by atoms with van der Waals surface area (Å²) >= 11 is -6.86. The molecule has 0 aromatic heterocycles. The average molecular weight is 1420 g/mol. The first-order valence-corrected chi connectivity index (χ1v) is 43.6. The van der Waals surface area contributed by atoms with Crippen molar-refractivity contribution in [1.29, 1.82) is 0 Å². The van der Waals surface area contributed by atoms with E-state index in [0.29, 0.717) is 51.4 Å². The van der Waals surface area contributed by atoms with Crippen molar-refractivity contribution >= 4 is 43.9 Å². The first-order valence-electron chi connectivity index (χ1n) is 38.9. The fraction of sp³-hybridized carbons (Fsp3) is 0.850. The maximum atomic E-state index is 14.0. The third-order valence-electron chi connectivity index (χ3n) is 19.6. The molecule has 12 nitrogen and oxygen atoms in total. The number of carbonyl (C=O) groups excluding carboxylic acids is 4. The molecule has 0 saturated heterocycles. The van der Waals surface area contributed by atoms with Crippen LogP contribution in [-0.4, -0.2) is 88.8 Å². The zero-order valence-electron chi connectivity index (χ0n) is 62.6. The molecule has 0 radical (unpaired) electrons. The van der Waals surface area contributed by atoms with Gasteiger partial charge >= 0.3 is 400 Å². The fourth-order valence-corrected chi connectivity index (χ4v) is 17.2. The molecule has 0 aliphatic rings. The van der Waals surface area contributed by atoms with Crippen LogP contribution in [0.5, 0.6) is 0 Å². The van der Waals surface area contributed by atoms with Crippen LogP contribution < -0.4 is 0 Å². The zero-order chi connectivity index (χ0) is 69.3. The molecule has 0 fully saturated rings. The standard InChI is InChI=1S/4C20H38O3.Sn/c4*1-4-5-6-7-8-11-14-17(2)18(3)15-12-9-10-13-16-19(21)20(22)23;/h4*19,21H,4-16H2,1-3H3,(H,22,23);/q;;;;+4/p-4/b4*18-17-;. The summed E-state index contributed by atoms with van der Waals surface area (Å²) in [5, 5.41) is 45.3. The molecule has 0 bridgehead atoms. The molecule has 0 aromatic rings. The van der Waals surface area contributed by atoms with Crippen LogP contribution in [0.1, 0.15) is 417 Å². The van der Waals surface area contributed by atoms with Crippen LogP contribution in [0.15, 0.2) is 44.6 Å². The molecule has 0 amide bonds. The Morgan fingerprint density at radius 1 is 0.226 bits per heavy atom. The Morgan fingerprint density at radius 2 is 0.355 bits per heavy atom. The van der Waals surface area contributed by atoms with Crippen LogP contribution in [0.4, 0.5) is 0 Å². The van der Waals surface area contributed by atoms with E-state index in [4.69, 9.17) is 12.3 Å². The summed E-state index contributed by atoms with van der Waals surface area (Å²) < 4.78 is 22.9. The third-order valence-corrected chi connectivity index (χ3v) is 24.8. The summed E-state index contributed by atoms with van der Waals surface area (Å²) in [6, 6.07) is 0. The smallest absolute Gasteiger partial charge is 0.0654 e. The van der Waals surface area contributed by atoms with Crippen molar-refractivity contribution in [2.24, 2.45) is 0 Å². The van der Waals surface area contributed by atoms with Gasteiger partial charge in [-0.15, -0.1) is 0 Å². The molecular weight excluding hydrogens is 1270 g/mol. The van der Waals surface area contributed by atoms with E-state index in [-0.39, 0.29) is 25.7 Å². The molecule has 0 aromatic carbocycles. The quantitative estimate of drug-likeness (QED) is 0.0257. The number of carbonyl (C=O) groups is 4. The van der Waals surface area contributed by atoms with Crippen molar-refractivity contribution in [3.8, 4) is 0 Å². The Hall–Kier alpha value is -2.52. The molecule has 4 atom stereocenters. The Kier molecular flexibility index (Phi) is 59.0. The molecule has 13 heteroatoms. The summed E-state index contributed by atoms with van der Waals surface area (Å²) in [4.78, 5) is 56.2. The molecule has 0 saturated carbocycles. The van der Waals surface area contributed by atoms with E-state index in [0.717, 1.165) is 103 Å². The van der Waals surface area contributed by atoms with E-state index in [1.807, 2.05) is 0 Å². The molecule has 0 rings (SSSR count). The SMILES string of the molecule is CCCCCCCC/C(C)=C(/C)CCCCCCC(O)C(=O)[O][Sn]([O]C(=O)C(O)CCCCCC/C(C)=C(/C)CCCCCCCC)([O]C(=O)C(O)CCCCCC/C(C)=C(/C)CCCCCCCC)[O]C(=O)C(O)CCCCCC/C(C)=C(/C)CCCCCCCC. The van der Waals surface area contributed by atoms with Crippen molar-refractivity contribution in [3.05, 3.63) is 44.6 Å². The minimum atomic E-state index is -6.86. The number of allylic oxidation sites excluding steroid dienone is 8. The summed E-state index contributed by atoms with van der Waals surface area (Å²) in [6.07, 6.45) is 43.4. The summed E-state index contributed by atoms with van der Waals surface area (Å²) in [5.41, 5.74) is 11.4. The van der Waals surface area contributed by atoms with Crippen molar-refractivity contribution in [1.82, 2.24) is 0 Å². The number of unbranched alkanes of at least 4 members (excludes halogenated alkanes) is 32. The van der Waals surface area contributed by atoms with E-state index in [9.17, 15) is 39.6 Å². The monoisotopic (exact) mass is 1420 g/mol. The van der Waals surface area contributed by atoms with Crippen molar-refractivity contribution < 1.29 is 51.9 Å². The Morgan fingerprint density at radius 3 is 0.505 bits per heavy atom. The summed E-state index contributed by atoms with van der Waals surface area (Å²) in [6.45, 7) is 26.7. The number of aliphatic hydroxyl groups is 4. The van der Waals surface area contributed by atoms with Gasteiger partial charge in [-0.05, 0) is 25.7 Å². The minimum Gasteiger partial charge on any atom is -0.0654 e. The number of rotatable bonds is 64. The van der Waals surface area contributed by atoms with E-state index in [1.54, 1.807) is 0 Å². The molecule has 0 aliphatic carbocycles. The Balaban J connectivity index is 6.44. The normalized spacial score (nSPS) is 14.9. The van der Waals surface area contributed by atoms with Crippen LogP contribution in [0, 0.1) is 0 Å². The summed E-state index contributed by atoms with van der Waals surface area (Å²) in [5.74, 6) is -5.31. The van der Waals surface area contributed by atoms with Crippen molar-refractivity contribution in [2.45, 2.75) is 441 Å². The summed E-state index contributed by atoms with van der Waals surface area (Å²) in [7, 11) is 0. The van der Waals surface area contributed by atoms with Gasteiger partial charge in [0.05, 0.1) is 0 Å². The molecule has 0 aliphatic heterocycles. The second kappa shape index (κ2) is 60.6. The molecule has 0 heterocycles. The third kappa shape index (κ3) is 49.6. The van der Waals surface area contributed by atoms with Gasteiger partial charge < -0.3 is 0 Å². The van der Waals surface area contributed by atoms with Gasteiger partial charge in [-0.25, -0.2) is 0 Å². The van der Waals surface area contributed by atoms with Crippen LogP contribution in [0.3, 0.4) is 0 Å².